The van der Waals surface area contributed by atoms with Crippen molar-refractivity contribution >= 4 is 23.4 Å². The predicted molar refractivity (Wildman–Crippen MR) is 83.9 cm³/mol. The Balaban J connectivity index is 2.31. The normalized spacial score (nSPS) is 10.2. The molecule has 0 unspecified atom stereocenters. The molecule has 0 aliphatic carbocycles. The molecule has 4 nitrogen and oxygen atoms in total. The first-order valence-corrected chi connectivity index (χ1v) is 7.35. The fraction of sp³-hybridized carbons (Fsp3) is 0.188. The van der Waals surface area contributed by atoms with Crippen LogP contribution in [0.2, 0.25) is 0 Å². The van der Waals surface area contributed by atoms with Crippen LogP contribution in [0.1, 0.15) is 17.3 Å². The Kier molecular flexibility index (Phi) is 5.11. The highest BCUT2D eigenvalue weighted by molar-refractivity contribution is 7.99. The highest BCUT2D eigenvalue weighted by atomic mass is 32.2. The Bertz CT molecular complexity index is 626. The molecule has 0 saturated carbocycles. The van der Waals surface area contributed by atoms with Gasteiger partial charge in [0, 0.05) is 15.5 Å². The summed E-state index contributed by atoms with van der Waals surface area (Å²) in [6.45, 7) is 2.11. The lowest BCUT2D eigenvalue weighted by Crippen LogP contribution is -2.07. The number of ether oxygens (including phenoxy) is 2. The summed E-state index contributed by atoms with van der Waals surface area (Å²) in [6.07, 6.45) is 0. The first-order chi connectivity index (χ1) is 10.2. The highest BCUT2D eigenvalue weighted by Gasteiger charge is 2.15. The summed E-state index contributed by atoms with van der Waals surface area (Å²) in [7, 11) is 1.62. The SMILES string of the molecule is CCOC(=O)c1cccc(N)c1Sc1ccc(OC)cc1. The number of methoxy groups -OCH3 is 1. The third kappa shape index (κ3) is 3.70. The number of anilines is 1. The molecule has 0 radical (unpaired) electrons. The molecule has 110 valence electrons. The van der Waals surface area contributed by atoms with Gasteiger partial charge in [-0.3, -0.25) is 0 Å². The van der Waals surface area contributed by atoms with Crippen LogP contribution < -0.4 is 10.5 Å². The van der Waals surface area contributed by atoms with E-state index >= 15 is 0 Å². The maximum absolute atomic E-state index is 12.0. The van der Waals surface area contributed by atoms with E-state index in [0.29, 0.717) is 22.8 Å². The molecular weight excluding hydrogens is 286 g/mol. The van der Waals surface area contributed by atoms with Crippen molar-refractivity contribution in [2.45, 2.75) is 16.7 Å². The standard InChI is InChI=1S/C16H17NO3S/c1-3-20-16(18)13-5-4-6-14(17)15(13)21-12-9-7-11(19-2)8-10-12/h4-10H,3,17H2,1-2H3. The fourth-order valence-corrected chi connectivity index (χ4v) is 2.76. The van der Waals surface area contributed by atoms with Crippen LogP contribution >= 0.6 is 11.8 Å². The zero-order valence-corrected chi connectivity index (χ0v) is 12.8. The lowest BCUT2D eigenvalue weighted by Gasteiger charge is -2.11. The molecule has 21 heavy (non-hydrogen) atoms. The fourth-order valence-electron chi connectivity index (χ4n) is 1.80. The third-order valence-corrected chi connectivity index (χ3v) is 3.99. The molecule has 0 aromatic heterocycles. The number of esters is 1. The summed E-state index contributed by atoms with van der Waals surface area (Å²) < 4.78 is 10.2. The number of rotatable bonds is 5. The summed E-state index contributed by atoms with van der Waals surface area (Å²) in [5.74, 6) is 0.423. The number of benzene rings is 2. The highest BCUT2D eigenvalue weighted by Crippen LogP contribution is 2.35. The van der Waals surface area contributed by atoms with Gasteiger partial charge < -0.3 is 15.2 Å². The first-order valence-electron chi connectivity index (χ1n) is 6.53. The van der Waals surface area contributed by atoms with E-state index in [0.717, 1.165) is 10.6 Å². The minimum atomic E-state index is -0.360. The van der Waals surface area contributed by atoms with Crippen molar-refractivity contribution in [2.75, 3.05) is 19.5 Å². The second kappa shape index (κ2) is 7.04. The number of nitrogens with two attached hydrogens (primary N) is 1. The van der Waals surface area contributed by atoms with Gasteiger partial charge in [0.25, 0.3) is 0 Å². The van der Waals surface area contributed by atoms with Crippen molar-refractivity contribution in [3.63, 3.8) is 0 Å². The van der Waals surface area contributed by atoms with Gasteiger partial charge in [-0.2, -0.15) is 0 Å². The van der Waals surface area contributed by atoms with Crippen LogP contribution in [-0.4, -0.2) is 19.7 Å². The van der Waals surface area contributed by atoms with Gasteiger partial charge in [0.1, 0.15) is 5.75 Å². The van der Waals surface area contributed by atoms with Crippen LogP contribution in [0.4, 0.5) is 5.69 Å². The monoisotopic (exact) mass is 303 g/mol. The zero-order chi connectivity index (χ0) is 15.2. The Hall–Kier alpha value is -2.14. The first kappa shape index (κ1) is 15.3. The van der Waals surface area contributed by atoms with Gasteiger partial charge >= 0.3 is 5.97 Å². The van der Waals surface area contributed by atoms with Gasteiger partial charge in [-0.1, -0.05) is 17.8 Å². The molecule has 0 fully saturated rings. The van der Waals surface area contributed by atoms with E-state index in [-0.39, 0.29) is 5.97 Å². The minimum absolute atomic E-state index is 0.334. The average molecular weight is 303 g/mol. The summed E-state index contributed by atoms with van der Waals surface area (Å²) in [4.78, 5) is 13.7. The van der Waals surface area contributed by atoms with E-state index in [4.69, 9.17) is 15.2 Å². The molecule has 0 atom stereocenters. The lowest BCUT2D eigenvalue weighted by atomic mass is 10.2. The Morgan fingerprint density at radius 2 is 1.90 bits per heavy atom. The quantitative estimate of drug-likeness (QED) is 0.675. The smallest absolute Gasteiger partial charge is 0.339 e. The third-order valence-electron chi connectivity index (χ3n) is 2.82. The Morgan fingerprint density at radius 1 is 1.19 bits per heavy atom. The second-order valence-corrected chi connectivity index (χ2v) is 5.31. The molecule has 5 heteroatoms. The summed E-state index contributed by atoms with van der Waals surface area (Å²) in [5.41, 5.74) is 7.05. The van der Waals surface area contributed by atoms with Gasteiger partial charge in [0.2, 0.25) is 0 Å². The van der Waals surface area contributed by atoms with E-state index in [1.54, 1.807) is 32.2 Å². The van der Waals surface area contributed by atoms with Crippen LogP contribution in [-0.2, 0) is 4.74 Å². The Morgan fingerprint density at radius 3 is 2.52 bits per heavy atom. The maximum Gasteiger partial charge on any atom is 0.339 e. The van der Waals surface area contributed by atoms with Gasteiger partial charge in [-0.15, -0.1) is 0 Å². The van der Waals surface area contributed by atoms with Crippen LogP contribution in [0.5, 0.6) is 5.75 Å². The molecule has 0 amide bonds. The van der Waals surface area contributed by atoms with E-state index < -0.39 is 0 Å². The molecule has 0 heterocycles. The molecule has 0 aliphatic rings. The number of nitrogen functional groups attached to an aromatic ring is 1. The van der Waals surface area contributed by atoms with Crippen molar-refractivity contribution in [3.8, 4) is 5.75 Å². The molecule has 2 aromatic rings. The molecule has 2 N–H and O–H groups in total. The minimum Gasteiger partial charge on any atom is -0.497 e. The average Bonchev–Trinajstić information content (AvgIpc) is 2.50. The van der Waals surface area contributed by atoms with Crippen molar-refractivity contribution in [1.29, 1.82) is 0 Å². The van der Waals surface area contributed by atoms with Crippen molar-refractivity contribution in [1.82, 2.24) is 0 Å². The molecule has 2 rings (SSSR count). The van der Waals surface area contributed by atoms with Crippen LogP contribution in [0.25, 0.3) is 0 Å². The summed E-state index contributed by atoms with van der Waals surface area (Å²) in [6, 6.07) is 12.8. The van der Waals surface area contributed by atoms with E-state index in [1.807, 2.05) is 24.3 Å². The van der Waals surface area contributed by atoms with Gasteiger partial charge in [-0.05, 0) is 43.3 Å². The summed E-state index contributed by atoms with van der Waals surface area (Å²) in [5, 5.41) is 0. The van der Waals surface area contributed by atoms with Crippen molar-refractivity contribution in [2.24, 2.45) is 0 Å². The molecule has 0 saturated heterocycles. The van der Waals surface area contributed by atoms with Gasteiger partial charge in [-0.25, -0.2) is 4.79 Å². The zero-order valence-electron chi connectivity index (χ0n) is 12.0. The van der Waals surface area contributed by atoms with Gasteiger partial charge in [0.15, 0.2) is 0 Å². The largest absolute Gasteiger partial charge is 0.497 e. The van der Waals surface area contributed by atoms with Crippen molar-refractivity contribution < 1.29 is 14.3 Å². The van der Waals surface area contributed by atoms with E-state index in [9.17, 15) is 4.79 Å². The number of hydrogen-bond donors (Lipinski definition) is 1. The molecule has 0 aliphatic heterocycles. The Labute approximate surface area is 128 Å². The molecule has 0 spiro atoms. The topological polar surface area (TPSA) is 61.5 Å². The van der Waals surface area contributed by atoms with E-state index in [2.05, 4.69) is 0 Å². The van der Waals surface area contributed by atoms with Crippen LogP contribution in [0.3, 0.4) is 0 Å². The second-order valence-electron chi connectivity index (χ2n) is 4.22. The molecule has 0 bridgehead atoms. The van der Waals surface area contributed by atoms with E-state index in [1.165, 1.54) is 11.8 Å². The number of carbonyl (C=O) groups is 1. The predicted octanol–water partition coefficient (Wildman–Crippen LogP) is 3.61. The number of hydrogen-bond acceptors (Lipinski definition) is 5. The lowest BCUT2D eigenvalue weighted by molar-refractivity contribution is 0.0522. The molecule has 2 aromatic carbocycles. The van der Waals surface area contributed by atoms with Gasteiger partial charge in [0.05, 0.1) is 19.3 Å². The van der Waals surface area contributed by atoms with Crippen LogP contribution in [0.15, 0.2) is 52.3 Å². The van der Waals surface area contributed by atoms with Crippen molar-refractivity contribution in [3.05, 3.63) is 48.0 Å². The van der Waals surface area contributed by atoms with Crippen LogP contribution in [0, 0.1) is 0 Å². The maximum atomic E-state index is 12.0. The summed E-state index contributed by atoms with van der Waals surface area (Å²) >= 11 is 1.43. The molecular formula is C16H17NO3S. The number of carbonyl (C=O) groups excluding carboxylic acids is 1.